The lowest BCUT2D eigenvalue weighted by atomic mass is 10.2. The Morgan fingerprint density at radius 1 is 0.739 bits per heavy atom. The molecule has 0 saturated carbocycles. The summed E-state index contributed by atoms with van der Waals surface area (Å²) in [5.41, 5.74) is 0.604. The van der Waals surface area contributed by atoms with Crippen molar-refractivity contribution in [3.63, 3.8) is 0 Å². The predicted octanol–water partition coefficient (Wildman–Crippen LogP) is 2.59. The number of benzene rings is 2. The summed E-state index contributed by atoms with van der Waals surface area (Å²) >= 11 is 0. The molecule has 0 aliphatic rings. The van der Waals surface area contributed by atoms with E-state index in [1.165, 1.54) is 50.2 Å². The van der Waals surface area contributed by atoms with Crippen molar-refractivity contribution in [1.82, 2.24) is 0 Å². The fraction of sp³-hybridized carbons (Fsp3) is 0.143. The highest BCUT2D eigenvalue weighted by atomic mass is 32.2. The van der Waals surface area contributed by atoms with Crippen LogP contribution >= 0.6 is 0 Å². The van der Waals surface area contributed by atoms with Crippen LogP contribution in [0.5, 0.6) is 11.5 Å². The van der Waals surface area contributed by atoms with Crippen LogP contribution in [0.2, 0.25) is 0 Å². The van der Waals surface area contributed by atoms with Gasteiger partial charge in [-0.25, -0.2) is 0 Å². The standard InChI is InChI=1S/C14H14O7S2/c1-9-7-11(3-5-13(9)22(15,16)17)21-12-4-6-14(10(2)8-12)23(18,19)20/h3-8H,1-2H3,(H,15,16,17)(H,18,19,20). The van der Waals surface area contributed by atoms with Crippen molar-refractivity contribution in [2.45, 2.75) is 23.6 Å². The number of ether oxygens (including phenoxy) is 1. The van der Waals surface area contributed by atoms with Gasteiger partial charge in [0.05, 0.1) is 9.79 Å². The van der Waals surface area contributed by atoms with Crippen LogP contribution in [-0.4, -0.2) is 25.9 Å². The molecule has 0 saturated heterocycles. The average molecular weight is 358 g/mol. The first-order chi connectivity index (χ1) is 10.5. The van der Waals surface area contributed by atoms with E-state index in [-0.39, 0.29) is 9.79 Å². The minimum absolute atomic E-state index is 0.220. The highest BCUT2D eigenvalue weighted by molar-refractivity contribution is 7.86. The molecule has 9 heteroatoms. The molecule has 0 aliphatic heterocycles. The summed E-state index contributed by atoms with van der Waals surface area (Å²) in [5.74, 6) is 0.628. The van der Waals surface area contributed by atoms with Crippen LogP contribution < -0.4 is 4.74 Å². The quantitative estimate of drug-likeness (QED) is 0.806. The monoisotopic (exact) mass is 358 g/mol. The van der Waals surface area contributed by atoms with Crippen LogP contribution in [0.15, 0.2) is 46.2 Å². The lowest BCUT2D eigenvalue weighted by Crippen LogP contribution is -2.01. The Kier molecular flexibility index (Phi) is 4.49. The van der Waals surface area contributed by atoms with Gasteiger partial charge in [-0.15, -0.1) is 0 Å². The van der Waals surface area contributed by atoms with Crippen molar-refractivity contribution in [1.29, 1.82) is 0 Å². The van der Waals surface area contributed by atoms with Crippen molar-refractivity contribution in [3.05, 3.63) is 47.5 Å². The third-order valence-electron chi connectivity index (χ3n) is 3.08. The van der Waals surface area contributed by atoms with E-state index in [9.17, 15) is 16.8 Å². The number of rotatable bonds is 4. The molecule has 124 valence electrons. The van der Waals surface area contributed by atoms with Crippen LogP contribution in [0, 0.1) is 13.8 Å². The van der Waals surface area contributed by atoms with Gasteiger partial charge in [-0.05, 0) is 61.4 Å². The van der Waals surface area contributed by atoms with Crippen LogP contribution in [0.1, 0.15) is 11.1 Å². The first-order valence-corrected chi connectivity index (χ1v) is 9.20. The molecule has 0 amide bonds. The van der Waals surface area contributed by atoms with E-state index in [0.29, 0.717) is 22.6 Å². The topological polar surface area (TPSA) is 118 Å². The molecule has 2 aromatic carbocycles. The van der Waals surface area contributed by atoms with Gasteiger partial charge in [-0.3, -0.25) is 9.11 Å². The third-order valence-corrected chi connectivity index (χ3v) is 5.11. The van der Waals surface area contributed by atoms with E-state index < -0.39 is 20.2 Å². The Balaban J connectivity index is 2.34. The summed E-state index contributed by atoms with van der Waals surface area (Å²) in [6.45, 7) is 3.01. The first-order valence-electron chi connectivity index (χ1n) is 6.32. The second-order valence-electron chi connectivity index (χ2n) is 4.91. The minimum atomic E-state index is -4.30. The number of hydrogen-bond donors (Lipinski definition) is 2. The van der Waals surface area contributed by atoms with Crippen molar-refractivity contribution in [2.24, 2.45) is 0 Å². The molecular formula is C14H14O7S2. The van der Waals surface area contributed by atoms with Gasteiger partial charge in [0.2, 0.25) is 0 Å². The lowest BCUT2D eigenvalue weighted by molar-refractivity contribution is 0.475. The Hall–Kier alpha value is -1.94. The van der Waals surface area contributed by atoms with Gasteiger partial charge in [0.1, 0.15) is 11.5 Å². The van der Waals surface area contributed by atoms with Crippen molar-refractivity contribution in [2.75, 3.05) is 0 Å². The van der Waals surface area contributed by atoms with Crippen molar-refractivity contribution in [3.8, 4) is 11.5 Å². The summed E-state index contributed by atoms with van der Waals surface area (Å²) in [7, 11) is -8.60. The Morgan fingerprint density at radius 2 is 1.09 bits per heavy atom. The molecule has 0 unspecified atom stereocenters. The maximum atomic E-state index is 11.1. The van der Waals surface area contributed by atoms with Crippen molar-refractivity contribution < 1.29 is 30.7 Å². The average Bonchev–Trinajstić information content (AvgIpc) is 2.35. The zero-order valence-electron chi connectivity index (χ0n) is 12.2. The van der Waals surface area contributed by atoms with E-state index in [2.05, 4.69) is 0 Å². The number of hydrogen-bond acceptors (Lipinski definition) is 5. The molecule has 2 N–H and O–H groups in total. The summed E-state index contributed by atoms with van der Waals surface area (Å²) in [6, 6.07) is 7.99. The van der Waals surface area contributed by atoms with Gasteiger partial charge in [0, 0.05) is 0 Å². The maximum absolute atomic E-state index is 11.1. The molecule has 2 aromatic rings. The molecule has 0 heterocycles. The molecule has 0 aliphatic carbocycles. The first kappa shape index (κ1) is 17.4. The normalized spacial score (nSPS) is 12.2. The van der Waals surface area contributed by atoms with Crippen LogP contribution in [-0.2, 0) is 20.2 Å². The molecule has 0 aromatic heterocycles. The number of aryl methyl sites for hydroxylation is 2. The molecular weight excluding hydrogens is 344 g/mol. The summed E-state index contributed by atoms with van der Waals surface area (Å²) in [4.78, 5) is -0.439. The SMILES string of the molecule is Cc1cc(Oc2ccc(S(=O)(=O)O)c(C)c2)ccc1S(=O)(=O)O. The lowest BCUT2D eigenvalue weighted by Gasteiger charge is -2.10. The minimum Gasteiger partial charge on any atom is -0.457 e. The van der Waals surface area contributed by atoms with Gasteiger partial charge in [0.25, 0.3) is 20.2 Å². The smallest absolute Gasteiger partial charge is 0.294 e. The summed E-state index contributed by atoms with van der Waals surface area (Å²) in [5, 5.41) is 0. The molecule has 0 atom stereocenters. The van der Waals surface area contributed by atoms with Gasteiger partial charge < -0.3 is 4.74 Å². The Morgan fingerprint density at radius 3 is 1.35 bits per heavy atom. The van der Waals surface area contributed by atoms with E-state index in [0.717, 1.165) is 0 Å². The molecule has 0 radical (unpaired) electrons. The second kappa shape index (κ2) is 5.93. The summed E-state index contributed by atoms with van der Waals surface area (Å²) < 4.78 is 68.1. The largest absolute Gasteiger partial charge is 0.457 e. The predicted molar refractivity (Wildman–Crippen MR) is 82.1 cm³/mol. The van der Waals surface area contributed by atoms with Crippen LogP contribution in [0.4, 0.5) is 0 Å². The van der Waals surface area contributed by atoms with E-state index in [1.807, 2.05) is 0 Å². The second-order valence-corrected chi connectivity index (χ2v) is 7.69. The molecule has 2 rings (SSSR count). The molecule has 0 spiro atoms. The van der Waals surface area contributed by atoms with Gasteiger partial charge in [-0.1, -0.05) is 0 Å². The Labute approximate surface area is 134 Å². The molecule has 7 nitrogen and oxygen atoms in total. The Bertz CT molecular complexity index is 881. The fourth-order valence-electron chi connectivity index (χ4n) is 2.09. The van der Waals surface area contributed by atoms with Gasteiger partial charge >= 0.3 is 0 Å². The van der Waals surface area contributed by atoms with E-state index in [1.54, 1.807) is 0 Å². The third kappa shape index (κ3) is 4.08. The molecule has 0 bridgehead atoms. The van der Waals surface area contributed by atoms with Crippen molar-refractivity contribution >= 4 is 20.2 Å². The van der Waals surface area contributed by atoms with Crippen LogP contribution in [0.25, 0.3) is 0 Å². The maximum Gasteiger partial charge on any atom is 0.294 e. The van der Waals surface area contributed by atoms with Gasteiger partial charge in [-0.2, -0.15) is 16.8 Å². The molecule has 23 heavy (non-hydrogen) atoms. The van der Waals surface area contributed by atoms with E-state index in [4.69, 9.17) is 13.8 Å². The van der Waals surface area contributed by atoms with Gasteiger partial charge in [0.15, 0.2) is 0 Å². The fourth-order valence-corrected chi connectivity index (χ4v) is 3.50. The zero-order chi connectivity index (χ0) is 17.4. The zero-order valence-corrected chi connectivity index (χ0v) is 13.8. The van der Waals surface area contributed by atoms with E-state index >= 15 is 0 Å². The van der Waals surface area contributed by atoms with Crippen LogP contribution in [0.3, 0.4) is 0 Å². The molecule has 0 fully saturated rings. The summed E-state index contributed by atoms with van der Waals surface area (Å²) in [6.07, 6.45) is 0. The highest BCUT2D eigenvalue weighted by Crippen LogP contribution is 2.28. The highest BCUT2D eigenvalue weighted by Gasteiger charge is 2.15.